The second-order valence-corrected chi connectivity index (χ2v) is 6.01. The van der Waals surface area contributed by atoms with Crippen LogP contribution in [0.25, 0.3) is 6.08 Å². The monoisotopic (exact) mass is 310 g/mol. The molecule has 1 N–H and O–H groups in total. The third-order valence-electron chi connectivity index (χ3n) is 4.14. The first kappa shape index (κ1) is 15.6. The Morgan fingerprint density at radius 3 is 2.65 bits per heavy atom. The molecule has 1 aliphatic heterocycles. The Kier molecular flexibility index (Phi) is 5.27. The number of benzene rings is 1. The summed E-state index contributed by atoms with van der Waals surface area (Å²) in [6.45, 7) is 7.52. The molecule has 0 bridgehead atoms. The lowest BCUT2D eigenvalue weighted by Crippen LogP contribution is -3.13. The molecule has 1 saturated heterocycles. The van der Waals surface area contributed by atoms with E-state index in [4.69, 9.17) is 4.42 Å². The van der Waals surface area contributed by atoms with Crippen LogP contribution in [0.3, 0.4) is 0 Å². The standard InChI is InChI=1S/C19H23N3O/c1-17-6-8-18(9-7-17)16-21-11-13-22(14-12-21)20-10-2-4-19-5-3-15-23-19/h2-10,15H,11-14,16H2,1H3/p+1/b4-2+,20-10-. The summed E-state index contributed by atoms with van der Waals surface area (Å²) in [4.78, 5) is 1.63. The molecule has 4 nitrogen and oxygen atoms in total. The number of allylic oxidation sites excluding steroid dienone is 1. The highest BCUT2D eigenvalue weighted by molar-refractivity contribution is 5.77. The Morgan fingerprint density at radius 2 is 1.96 bits per heavy atom. The number of hydrazone groups is 1. The Hall–Kier alpha value is -2.33. The molecule has 0 radical (unpaired) electrons. The average Bonchev–Trinajstić information content (AvgIpc) is 3.09. The van der Waals surface area contributed by atoms with Crippen LogP contribution in [0.2, 0.25) is 0 Å². The fourth-order valence-corrected chi connectivity index (χ4v) is 2.75. The van der Waals surface area contributed by atoms with Crippen LogP contribution in [-0.4, -0.2) is 37.4 Å². The number of quaternary nitrogens is 1. The van der Waals surface area contributed by atoms with Gasteiger partial charge in [-0.15, -0.1) is 0 Å². The molecule has 0 amide bonds. The van der Waals surface area contributed by atoms with Crippen LogP contribution in [0.1, 0.15) is 16.9 Å². The molecule has 0 spiro atoms. The predicted octanol–water partition coefficient (Wildman–Crippen LogP) is 1.99. The minimum Gasteiger partial charge on any atom is -0.465 e. The zero-order valence-corrected chi connectivity index (χ0v) is 13.6. The summed E-state index contributed by atoms with van der Waals surface area (Å²) in [6, 6.07) is 12.7. The van der Waals surface area contributed by atoms with E-state index in [1.165, 1.54) is 11.1 Å². The van der Waals surface area contributed by atoms with Gasteiger partial charge in [-0.2, -0.15) is 5.10 Å². The molecule has 3 rings (SSSR count). The third kappa shape index (κ3) is 4.83. The van der Waals surface area contributed by atoms with Gasteiger partial charge >= 0.3 is 0 Å². The van der Waals surface area contributed by atoms with Gasteiger partial charge in [0.05, 0.1) is 32.4 Å². The van der Waals surface area contributed by atoms with Crippen molar-refractivity contribution in [2.75, 3.05) is 26.2 Å². The highest BCUT2D eigenvalue weighted by Crippen LogP contribution is 2.02. The van der Waals surface area contributed by atoms with Crippen molar-refractivity contribution in [3.8, 4) is 0 Å². The zero-order valence-electron chi connectivity index (χ0n) is 13.6. The van der Waals surface area contributed by atoms with E-state index >= 15 is 0 Å². The van der Waals surface area contributed by atoms with E-state index in [0.29, 0.717) is 0 Å². The lowest BCUT2D eigenvalue weighted by Gasteiger charge is -2.30. The van der Waals surface area contributed by atoms with E-state index in [2.05, 4.69) is 41.3 Å². The first-order valence-electron chi connectivity index (χ1n) is 8.18. The lowest BCUT2D eigenvalue weighted by atomic mass is 10.1. The Labute approximate surface area is 137 Å². The van der Waals surface area contributed by atoms with E-state index in [1.54, 1.807) is 11.2 Å². The van der Waals surface area contributed by atoms with Crippen molar-refractivity contribution in [3.05, 3.63) is 65.6 Å². The summed E-state index contributed by atoms with van der Waals surface area (Å²) < 4.78 is 5.24. The van der Waals surface area contributed by atoms with Crippen LogP contribution in [0.15, 0.2) is 58.3 Å². The van der Waals surface area contributed by atoms with Crippen molar-refractivity contribution in [2.24, 2.45) is 5.10 Å². The van der Waals surface area contributed by atoms with Gasteiger partial charge in [0.25, 0.3) is 0 Å². The number of hydrogen-bond donors (Lipinski definition) is 1. The molecule has 1 aromatic heterocycles. The number of furan rings is 1. The van der Waals surface area contributed by atoms with Gasteiger partial charge in [0.1, 0.15) is 12.3 Å². The normalized spacial score (nSPS) is 16.7. The quantitative estimate of drug-likeness (QED) is 0.857. The summed E-state index contributed by atoms with van der Waals surface area (Å²) >= 11 is 0. The van der Waals surface area contributed by atoms with Crippen molar-refractivity contribution in [1.82, 2.24) is 5.01 Å². The second-order valence-electron chi connectivity index (χ2n) is 6.01. The number of aryl methyl sites for hydroxylation is 1. The average molecular weight is 310 g/mol. The van der Waals surface area contributed by atoms with Crippen molar-refractivity contribution in [2.45, 2.75) is 13.5 Å². The highest BCUT2D eigenvalue weighted by Gasteiger charge is 2.18. The van der Waals surface area contributed by atoms with Gasteiger partial charge in [-0.05, 0) is 31.2 Å². The molecule has 4 heteroatoms. The molecular formula is C19H24N3O+. The van der Waals surface area contributed by atoms with E-state index in [1.807, 2.05) is 30.5 Å². The fraction of sp³-hybridized carbons (Fsp3) is 0.316. The number of nitrogens with one attached hydrogen (secondary N) is 1. The molecule has 0 aliphatic carbocycles. The van der Waals surface area contributed by atoms with Gasteiger partial charge < -0.3 is 9.32 Å². The molecule has 1 aromatic carbocycles. The van der Waals surface area contributed by atoms with Crippen molar-refractivity contribution >= 4 is 12.3 Å². The fourth-order valence-electron chi connectivity index (χ4n) is 2.75. The smallest absolute Gasteiger partial charge is 0.126 e. The Morgan fingerprint density at radius 1 is 1.17 bits per heavy atom. The number of hydrogen-bond acceptors (Lipinski definition) is 3. The second kappa shape index (κ2) is 7.79. The largest absolute Gasteiger partial charge is 0.465 e. The summed E-state index contributed by atoms with van der Waals surface area (Å²) in [5, 5.41) is 6.65. The molecule has 2 heterocycles. The first-order valence-corrected chi connectivity index (χ1v) is 8.18. The molecule has 0 unspecified atom stereocenters. The minimum atomic E-state index is 0.851. The molecular weight excluding hydrogens is 286 g/mol. The zero-order chi connectivity index (χ0) is 15.9. The Bertz CT molecular complexity index is 636. The molecule has 1 aliphatic rings. The van der Waals surface area contributed by atoms with Crippen molar-refractivity contribution in [1.29, 1.82) is 0 Å². The summed E-state index contributed by atoms with van der Waals surface area (Å²) in [6.07, 6.45) is 7.35. The topological polar surface area (TPSA) is 33.2 Å². The summed E-state index contributed by atoms with van der Waals surface area (Å²) in [5.41, 5.74) is 2.74. The maximum atomic E-state index is 5.24. The van der Waals surface area contributed by atoms with Crippen LogP contribution in [0, 0.1) is 6.92 Å². The Balaban J connectivity index is 1.42. The van der Waals surface area contributed by atoms with Gasteiger partial charge in [0.2, 0.25) is 0 Å². The molecule has 1 fully saturated rings. The number of rotatable bonds is 5. The predicted molar refractivity (Wildman–Crippen MR) is 93.4 cm³/mol. The third-order valence-corrected chi connectivity index (χ3v) is 4.14. The molecule has 0 atom stereocenters. The molecule has 23 heavy (non-hydrogen) atoms. The lowest BCUT2D eigenvalue weighted by molar-refractivity contribution is -0.918. The maximum absolute atomic E-state index is 5.24. The molecule has 2 aromatic rings. The van der Waals surface area contributed by atoms with Gasteiger partial charge in [-0.3, -0.25) is 5.01 Å². The molecule has 120 valence electrons. The van der Waals surface area contributed by atoms with E-state index in [9.17, 15) is 0 Å². The summed E-state index contributed by atoms with van der Waals surface area (Å²) in [7, 11) is 0. The SMILES string of the molecule is Cc1ccc(C[NH+]2CCN(/N=C\C=C\c3ccco3)CC2)cc1. The van der Waals surface area contributed by atoms with E-state index in [0.717, 1.165) is 38.5 Å². The van der Waals surface area contributed by atoms with Gasteiger partial charge in [0.15, 0.2) is 0 Å². The van der Waals surface area contributed by atoms with Crippen LogP contribution in [0.5, 0.6) is 0 Å². The van der Waals surface area contributed by atoms with Crippen molar-refractivity contribution in [3.63, 3.8) is 0 Å². The van der Waals surface area contributed by atoms with Crippen molar-refractivity contribution < 1.29 is 9.32 Å². The first-order chi connectivity index (χ1) is 11.3. The number of nitrogens with zero attached hydrogens (tertiary/aromatic N) is 2. The molecule has 0 saturated carbocycles. The van der Waals surface area contributed by atoms with Gasteiger partial charge in [-0.1, -0.05) is 29.8 Å². The highest BCUT2D eigenvalue weighted by atomic mass is 16.3. The number of piperazine rings is 1. The van der Waals surface area contributed by atoms with Crippen LogP contribution >= 0.6 is 0 Å². The van der Waals surface area contributed by atoms with E-state index in [-0.39, 0.29) is 0 Å². The van der Waals surface area contributed by atoms with Crippen LogP contribution in [0.4, 0.5) is 0 Å². The van der Waals surface area contributed by atoms with Crippen LogP contribution in [-0.2, 0) is 6.54 Å². The minimum absolute atomic E-state index is 0.851. The van der Waals surface area contributed by atoms with Crippen LogP contribution < -0.4 is 4.90 Å². The summed E-state index contributed by atoms with van der Waals surface area (Å²) in [5.74, 6) is 0.851. The van der Waals surface area contributed by atoms with Gasteiger partial charge in [-0.25, -0.2) is 0 Å². The van der Waals surface area contributed by atoms with Gasteiger partial charge in [0, 0.05) is 11.8 Å². The van der Waals surface area contributed by atoms with E-state index < -0.39 is 0 Å². The maximum Gasteiger partial charge on any atom is 0.126 e.